The largest absolute Gasteiger partial charge is 0.481 e. The Morgan fingerprint density at radius 3 is 2.10 bits per heavy atom. The summed E-state index contributed by atoms with van der Waals surface area (Å²) in [6.07, 6.45) is 10.1. The Morgan fingerprint density at radius 1 is 0.843 bits per heavy atom. The van der Waals surface area contributed by atoms with Gasteiger partial charge in [0.05, 0.1) is 11.8 Å². The lowest BCUT2D eigenvalue weighted by Gasteiger charge is -2.72. The molecule has 0 heterocycles. The molecule has 1 amide bonds. The number of Topliss-reactive ketones (excluding diaryl/α,β-unsaturated/α-hetero) is 1. The van der Waals surface area contributed by atoms with Crippen molar-refractivity contribution < 1.29 is 29.0 Å². The second kappa shape index (κ2) is 12.2. The molecule has 0 spiro atoms. The topological polar surface area (TPSA) is 110 Å². The van der Waals surface area contributed by atoms with Crippen molar-refractivity contribution in [3.63, 3.8) is 0 Å². The Hall–Kier alpha value is -2.18. The average Bonchev–Trinajstić information content (AvgIpc) is 3.29. The summed E-state index contributed by atoms with van der Waals surface area (Å²) in [6.45, 7) is 27.1. The van der Waals surface area contributed by atoms with Crippen LogP contribution in [0.4, 0.5) is 0 Å². The van der Waals surface area contributed by atoms with Gasteiger partial charge in [0.15, 0.2) is 5.78 Å². The minimum Gasteiger partial charge on any atom is -0.481 e. The molecule has 2 N–H and O–H groups in total. The molecule has 0 aromatic carbocycles. The van der Waals surface area contributed by atoms with E-state index in [4.69, 9.17) is 4.74 Å². The molecule has 6 aliphatic carbocycles. The smallest absolute Gasteiger partial charge is 0.309 e. The number of fused-ring (bicyclic) bond motifs is 7. The van der Waals surface area contributed by atoms with Gasteiger partial charge in [0.25, 0.3) is 0 Å². The number of carboxylic acid groups (broad SMARTS) is 1. The van der Waals surface area contributed by atoms with Gasteiger partial charge in [-0.3, -0.25) is 19.2 Å². The van der Waals surface area contributed by atoms with Crippen molar-refractivity contribution in [2.24, 2.45) is 73.4 Å². The molecule has 5 fully saturated rings. The van der Waals surface area contributed by atoms with E-state index in [0.717, 1.165) is 63.4 Å². The van der Waals surface area contributed by atoms with Gasteiger partial charge in [-0.15, -0.1) is 0 Å². The molecule has 6 rings (SSSR count). The molecule has 0 aliphatic heterocycles. The fourth-order valence-corrected chi connectivity index (χ4v) is 13.9. The van der Waals surface area contributed by atoms with E-state index in [2.05, 4.69) is 53.8 Å². The predicted molar refractivity (Wildman–Crippen MR) is 199 cm³/mol. The fourth-order valence-electron chi connectivity index (χ4n) is 13.9. The van der Waals surface area contributed by atoms with Crippen LogP contribution >= 0.6 is 0 Å². The van der Waals surface area contributed by atoms with Crippen LogP contribution in [0.1, 0.15) is 154 Å². The van der Waals surface area contributed by atoms with Gasteiger partial charge in [0.2, 0.25) is 5.91 Å². The van der Waals surface area contributed by atoms with E-state index >= 15 is 0 Å². The average molecular weight is 708 g/mol. The van der Waals surface area contributed by atoms with E-state index in [0.29, 0.717) is 42.9 Å². The summed E-state index contributed by atoms with van der Waals surface area (Å²) in [7, 11) is 0. The van der Waals surface area contributed by atoms with Gasteiger partial charge in [0.1, 0.15) is 6.10 Å². The Bertz CT molecular complexity index is 1510. The number of aliphatic carboxylic acids is 1. The zero-order valence-corrected chi connectivity index (χ0v) is 34.0. The summed E-state index contributed by atoms with van der Waals surface area (Å²) in [6, 6.07) is 0. The van der Waals surface area contributed by atoms with E-state index in [1.54, 1.807) is 0 Å². The van der Waals surface area contributed by atoms with Crippen molar-refractivity contribution in [3.8, 4) is 0 Å². The molecule has 286 valence electrons. The van der Waals surface area contributed by atoms with Crippen molar-refractivity contribution in [1.29, 1.82) is 0 Å². The molecule has 0 saturated heterocycles. The fraction of sp³-hybridized carbons (Fsp3) is 0.864. The summed E-state index contributed by atoms with van der Waals surface area (Å²) >= 11 is 0. The Kier molecular flexibility index (Phi) is 9.19. The van der Waals surface area contributed by atoms with Crippen LogP contribution in [0.2, 0.25) is 0 Å². The summed E-state index contributed by atoms with van der Waals surface area (Å²) in [4.78, 5) is 52.1. The van der Waals surface area contributed by atoms with Gasteiger partial charge in [-0.25, -0.2) is 0 Å². The summed E-state index contributed by atoms with van der Waals surface area (Å²) in [5.74, 6) is 0.0420. The minimum atomic E-state index is -0.823. The molecule has 0 unspecified atom stereocenters. The molecule has 7 nitrogen and oxygen atoms in total. The zero-order valence-electron chi connectivity index (χ0n) is 34.0. The number of ether oxygens (including phenoxy) is 1. The van der Waals surface area contributed by atoms with Crippen molar-refractivity contribution >= 4 is 23.6 Å². The van der Waals surface area contributed by atoms with Crippen molar-refractivity contribution in [2.75, 3.05) is 6.54 Å². The van der Waals surface area contributed by atoms with Crippen LogP contribution in [0.25, 0.3) is 0 Å². The zero-order chi connectivity index (χ0) is 37.9. The first-order valence-corrected chi connectivity index (χ1v) is 20.4. The highest BCUT2D eigenvalue weighted by atomic mass is 16.5. The monoisotopic (exact) mass is 708 g/mol. The molecule has 6 aliphatic rings. The number of esters is 1. The molecule has 7 heteroatoms. The van der Waals surface area contributed by atoms with Crippen LogP contribution in [0.15, 0.2) is 11.1 Å². The third-order valence-electron chi connectivity index (χ3n) is 17.2. The maximum absolute atomic E-state index is 13.9. The van der Waals surface area contributed by atoms with Crippen LogP contribution in [0.5, 0.6) is 0 Å². The molecule has 0 aromatic rings. The number of hydrogen-bond donors (Lipinski definition) is 2. The lowest BCUT2D eigenvalue weighted by atomic mass is 9.33. The van der Waals surface area contributed by atoms with E-state index in [1.807, 2.05) is 34.6 Å². The van der Waals surface area contributed by atoms with E-state index in [1.165, 1.54) is 5.57 Å². The van der Waals surface area contributed by atoms with Crippen molar-refractivity contribution in [1.82, 2.24) is 5.32 Å². The van der Waals surface area contributed by atoms with Gasteiger partial charge >= 0.3 is 11.9 Å². The minimum absolute atomic E-state index is 0.0719. The van der Waals surface area contributed by atoms with Crippen LogP contribution in [0.3, 0.4) is 0 Å². The van der Waals surface area contributed by atoms with Gasteiger partial charge in [-0.1, -0.05) is 88.7 Å². The highest BCUT2D eigenvalue weighted by Gasteiger charge is 2.70. The number of allylic oxidation sites excluding steroid dienone is 2. The van der Waals surface area contributed by atoms with E-state index < -0.39 is 22.7 Å². The molecule has 5 saturated carbocycles. The first-order valence-electron chi connectivity index (χ1n) is 20.4. The quantitative estimate of drug-likeness (QED) is 0.256. The highest BCUT2D eigenvalue weighted by Crippen LogP contribution is 2.77. The number of amides is 1. The van der Waals surface area contributed by atoms with Gasteiger partial charge < -0.3 is 15.2 Å². The third-order valence-corrected chi connectivity index (χ3v) is 17.2. The molecular formula is C44H69NO6. The molecule has 0 radical (unpaired) electrons. The number of rotatable bonds is 7. The normalized spacial score (nSPS) is 42.6. The Balaban J connectivity index is 1.25. The molecule has 0 aromatic heterocycles. The highest BCUT2D eigenvalue weighted by molar-refractivity contribution is 6.00. The lowest BCUT2D eigenvalue weighted by molar-refractivity contribution is -0.236. The van der Waals surface area contributed by atoms with Crippen LogP contribution in [0, 0.1) is 73.4 Å². The predicted octanol–water partition coefficient (Wildman–Crippen LogP) is 9.18. The number of carbonyl (C=O) groups is 4. The number of carbonyl (C=O) groups excluding carboxylic acids is 3. The number of hydrogen-bond acceptors (Lipinski definition) is 5. The lowest BCUT2D eigenvalue weighted by Crippen LogP contribution is -2.66. The summed E-state index contributed by atoms with van der Waals surface area (Å²) < 4.78 is 6.41. The van der Waals surface area contributed by atoms with Gasteiger partial charge in [-0.2, -0.15) is 0 Å². The van der Waals surface area contributed by atoms with Crippen LogP contribution in [-0.2, 0) is 23.9 Å². The Labute approximate surface area is 308 Å². The second-order valence-corrected chi connectivity index (χ2v) is 21.5. The number of nitrogens with one attached hydrogen (secondary N) is 1. The first-order chi connectivity index (χ1) is 23.4. The van der Waals surface area contributed by atoms with Crippen molar-refractivity contribution in [3.05, 3.63) is 11.1 Å². The summed E-state index contributed by atoms with van der Waals surface area (Å²) in [5.41, 5.74) is 1.50. The maximum atomic E-state index is 13.9. The summed E-state index contributed by atoms with van der Waals surface area (Å²) in [5, 5.41) is 12.9. The first kappa shape index (κ1) is 38.5. The second-order valence-electron chi connectivity index (χ2n) is 21.5. The molecular weight excluding hydrogens is 638 g/mol. The Morgan fingerprint density at radius 2 is 1.51 bits per heavy atom. The molecule has 10 atom stereocenters. The molecule has 51 heavy (non-hydrogen) atoms. The van der Waals surface area contributed by atoms with Gasteiger partial charge in [-0.05, 0) is 115 Å². The van der Waals surface area contributed by atoms with E-state index in [9.17, 15) is 24.3 Å². The van der Waals surface area contributed by atoms with Crippen LogP contribution in [-0.4, -0.2) is 41.4 Å². The van der Waals surface area contributed by atoms with Crippen molar-refractivity contribution in [2.45, 2.75) is 160 Å². The maximum Gasteiger partial charge on any atom is 0.309 e. The SMILES string of the molecule is CC(C)C1=C2[C@H]3CC[C@@H]4[C@@]5(C)CC[C@H](OC(=O)[C@H]6C[C@@H](C(=O)O)C6(C)C)C(C)(C)[C@@H]5CC[C@@]4(C)[C@]3(C)CC[C@@]2(CCNC(=O)C(C)(C)C)CC1=O. The van der Waals surface area contributed by atoms with E-state index in [-0.39, 0.29) is 56.9 Å². The van der Waals surface area contributed by atoms with Gasteiger partial charge in [0, 0.05) is 29.2 Å². The number of ketones is 1. The molecule has 0 bridgehead atoms. The third kappa shape index (κ3) is 5.52. The van der Waals surface area contributed by atoms with Crippen LogP contribution < -0.4 is 5.32 Å². The number of carboxylic acids is 1. The standard InChI is InChI=1S/C44H69NO6/c1-25(2)33-29(46)24-44(21-22-45-37(50)38(3,4)5)20-19-42(11)26(34(33)44)13-14-31-41(10)17-16-32(40(8,9)30(41)15-18-43(31,42)12)51-36(49)28-23-27(35(47)48)39(28,6)7/h25-28,30-32H,13-24H2,1-12H3,(H,45,50)(H,47,48)/t26-,27+,28-,30+,31-,32+,41+,42-,43-,44-/m1/s1.